The van der Waals surface area contributed by atoms with Crippen LogP contribution in [0.2, 0.25) is 0 Å². The minimum atomic E-state index is -0.450. The maximum Gasteiger partial charge on any atom is 0.337 e. The summed E-state index contributed by atoms with van der Waals surface area (Å²) in [6, 6.07) is 0. The van der Waals surface area contributed by atoms with Crippen molar-refractivity contribution in [3.05, 3.63) is 47.0 Å². The van der Waals surface area contributed by atoms with Gasteiger partial charge in [-0.15, -0.1) is 0 Å². The summed E-state index contributed by atoms with van der Waals surface area (Å²) in [7, 11) is 5.89. The summed E-state index contributed by atoms with van der Waals surface area (Å²) in [5.41, 5.74) is 3.18. The zero-order valence-electron chi connectivity index (χ0n) is 19.7. The molecule has 0 aromatic heterocycles. The Bertz CT molecular complexity index is 819. The summed E-state index contributed by atoms with van der Waals surface area (Å²) in [6.45, 7) is -0.0428. The SMILES string of the molecule is COC(=O)C1=COC(OC)C2C(CBr)=CCC12.COC(=O)C1=COC(OC)C2C(CO)=CCC12. The molecular weight excluding hydrogens is 512 g/mol. The molecule has 0 amide bonds. The molecule has 0 saturated heterocycles. The number of carbonyl (C=O) groups is 2. The predicted molar refractivity (Wildman–Crippen MR) is 124 cm³/mol. The van der Waals surface area contributed by atoms with Gasteiger partial charge in [-0.3, -0.25) is 0 Å². The van der Waals surface area contributed by atoms with Crippen molar-refractivity contribution in [2.45, 2.75) is 25.4 Å². The first-order valence-corrected chi connectivity index (χ1v) is 12.1. The van der Waals surface area contributed by atoms with E-state index in [9.17, 15) is 14.7 Å². The van der Waals surface area contributed by atoms with E-state index in [-0.39, 0.29) is 48.5 Å². The molecule has 0 saturated carbocycles. The van der Waals surface area contributed by atoms with Gasteiger partial charge in [0.05, 0.1) is 56.3 Å². The largest absolute Gasteiger partial charge is 0.471 e. The lowest BCUT2D eigenvalue weighted by molar-refractivity contribution is -0.147. The van der Waals surface area contributed by atoms with Crippen LogP contribution in [0.5, 0.6) is 0 Å². The van der Waals surface area contributed by atoms with Crippen LogP contribution >= 0.6 is 15.9 Å². The van der Waals surface area contributed by atoms with Crippen LogP contribution in [0.25, 0.3) is 0 Å². The van der Waals surface area contributed by atoms with Gasteiger partial charge in [0.1, 0.15) is 0 Å². The standard InChI is InChI=1S/C12H15BrO4.C12H16O5/c2*1-15-11(14)9-6-17-12(16-2)10-7(5-13)3-4-8(9)10/h3,6,8,10,12H,4-5H2,1-2H3;3,6,8,10,12-13H,4-5H2,1-2H3. The Hall–Kier alpha value is -2.14. The predicted octanol–water partition coefficient (Wildman–Crippen LogP) is 2.60. The van der Waals surface area contributed by atoms with Gasteiger partial charge in [0, 0.05) is 31.4 Å². The van der Waals surface area contributed by atoms with E-state index in [1.165, 1.54) is 32.3 Å². The third-order valence-electron chi connectivity index (χ3n) is 6.68. The molecule has 9 nitrogen and oxygen atoms in total. The number of alkyl halides is 1. The first kappa shape index (κ1) is 26.5. The molecule has 6 unspecified atom stereocenters. The number of methoxy groups -OCH3 is 4. The van der Waals surface area contributed by atoms with Gasteiger partial charge in [0.15, 0.2) is 0 Å². The highest BCUT2D eigenvalue weighted by Gasteiger charge is 2.45. The molecule has 2 aliphatic heterocycles. The Morgan fingerprint density at radius 3 is 1.71 bits per heavy atom. The lowest BCUT2D eigenvalue weighted by Crippen LogP contribution is -2.36. The average molecular weight is 543 g/mol. The van der Waals surface area contributed by atoms with Crippen molar-refractivity contribution in [3.63, 3.8) is 0 Å². The van der Waals surface area contributed by atoms with Gasteiger partial charge in [-0.1, -0.05) is 33.7 Å². The summed E-state index contributed by atoms with van der Waals surface area (Å²) in [6.07, 6.45) is 7.73. The van der Waals surface area contributed by atoms with E-state index in [1.54, 1.807) is 14.2 Å². The van der Waals surface area contributed by atoms with E-state index in [0.29, 0.717) is 17.6 Å². The normalized spacial score (nSPS) is 31.1. The van der Waals surface area contributed by atoms with Gasteiger partial charge >= 0.3 is 11.9 Å². The van der Waals surface area contributed by atoms with Crippen molar-refractivity contribution in [1.82, 2.24) is 0 Å². The Labute approximate surface area is 207 Å². The Morgan fingerprint density at radius 1 is 0.882 bits per heavy atom. The first-order chi connectivity index (χ1) is 16.4. The maximum atomic E-state index is 11.7. The number of rotatable bonds is 6. The molecule has 0 aromatic carbocycles. The molecule has 4 aliphatic rings. The number of allylic oxidation sites excluding steroid dienone is 2. The second kappa shape index (κ2) is 12.0. The van der Waals surface area contributed by atoms with Gasteiger partial charge in [0.2, 0.25) is 12.6 Å². The Balaban J connectivity index is 0.000000191. The van der Waals surface area contributed by atoms with Crippen LogP contribution in [0, 0.1) is 23.7 Å². The van der Waals surface area contributed by atoms with Gasteiger partial charge < -0.3 is 33.5 Å². The fraction of sp³-hybridized carbons (Fsp3) is 0.583. The van der Waals surface area contributed by atoms with E-state index in [4.69, 9.17) is 28.4 Å². The Morgan fingerprint density at radius 2 is 1.32 bits per heavy atom. The van der Waals surface area contributed by atoms with Crippen LogP contribution < -0.4 is 0 Å². The molecule has 0 fully saturated rings. The average Bonchev–Trinajstić information content (AvgIpc) is 3.51. The van der Waals surface area contributed by atoms with Crippen LogP contribution in [-0.2, 0) is 38.0 Å². The molecule has 0 bridgehead atoms. The zero-order chi connectivity index (χ0) is 24.8. The fourth-order valence-electron chi connectivity index (χ4n) is 4.99. The fourth-order valence-corrected chi connectivity index (χ4v) is 5.59. The molecule has 10 heteroatoms. The summed E-state index contributed by atoms with van der Waals surface area (Å²) >= 11 is 3.45. The second-order valence-corrected chi connectivity index (χ2v) is 8.76. The smallest absolute Gasteiger partial charge is 0.337 e. The van der Waals surface area contributed by atoms with Crippen molar-refractivity contribution >= 4 is 27.9 Å². The van der Waals surface area contributed by atoms with E-state index in [0.717, 1.165) is 17.3 Å². The number of aliphatic hydroxyl groups is 1. The molecule has 2 aliphatic carbocycles. The van der Waals surface area contributed by atoms with Crippen molar-refractivity contribution in [1.29, 1.82) is 0 Å². The van der Waals surface area contributed by atoms with Crippen molar-refractivity contribution < 1.29 is 43.1 Å². The molecule has 4 rings (SSSR count). The molecule has 34 heavy (non-hydrogen) atoms. The van der Waals surface area contributed by atoms with Crippen LogP contribution in [0.1, 0.15) is 12.8 Å². The lowest BCUT2D eigenvalue weighted by Gasteiger charge is -2.33. The van der Waals surface area contributed by atoms with Crippen molar-refractivity contribution in [2.75, 3.05) is 40.4 Å². The number of fused-ring (bicyclic) bond motifs is 2. The molecule has 0 spiro atoms. The highest BCUT2D eigenvalue weighted by atomic mass is 79.9. The molecule has 6 atom stereocenters. The number of carbonyl (C=O) groups excluding carboxylic acids is 2. The summed E-state index contributed by atoms with van der Waals surface area (Å²) in [5, 5.41) is 10.1. The van der Waals surface area contributed by atoms with Gasteiger partial charge in [0.25, 0.3) is 0 Å². The third kappa shape index (κ3) is 5.10. The molecule has 0 radical (unpaired) electrons. The van der Waals surface area contributed by atoms with Crippen molar-refractivity contribution in [2.24, 2.45) is 23.7 Å². The minimum Gasteiger partial charge on any atom is -0.471 e. The van der Waals surface area contributed by atoms with E-state index < -0.39 is 6.29 Å². The van der Waals surface area contributed by atoms with Crippen LogP contribution in [0.3, 0.4) is 0 Å². The Kier molecular flexibility index (Phi) is 9.35. The van der Waals surface area contributed by atoms with Gasteiger partial charge in [-0.05, 0) is 18.4 Å². The molecular formula is C24H31BrO9. The molecule has 188 valence electrons. The number of aliphatic hydroxyl groups excluding tert-OH is 1. The quantitative estimate of drug-likeness (QED) is 0.307. The summed E-state index contributed by atoms with van der Waals surface area (Å²) < 4.78 is 30.9. The number of ether oxygens (including phenoxy) is 6. The van der Waals surface area contributed by atoms with E-state index in [2.05, 4.69) is 22.0 Å². The number of esters is 2. The van der Waals surface area contributed by atoms with Crippen LogP contribution in [-0.4, -0.2) is 70.0 Å². The first-order valence-electron chi connectivity index (χ1n) is 10.9. The highest BCUT2D eigenvalue weighted by molar-refractivity contribution is 9.09. The zero-order valence-corrected chi connectivity index (χ0v) is 21.3. The van der Waals surface area contributed by atoms with Gasteiger partial charge in [-0.25, -0.2) is 9.59 Å². The summed E-state index contributed by atoms with van der Waals surface area (Å²) in [4.78, 5) is 23.3. The molecule has 0 aromatic rings. The van der Waals surface area contributed by atoms with E-state index in [1.807, 2.05) is 6.08 Å². The molecule has 2 heterocycles. The summed E-state index contributed by atoms with van der Waals surface area (Å²) in [5.74, 6) is -0.638. The van der Waals surface area contributed by atoms with Crippen molar-refractivity contribution in [3.8, 4) is 0 Å². The number of hydrogen-bond acceptors (Lipinski definition) is 9. The maximum absolute atomic E-state index is 11.7. The highest BCUT2D eigenvalue weighted by Crippen LogP contribution is 2.44. The monoisotopic (exact) mass is 542 g/mol. The topological polar surface area (TPSA) is 110 Å². The molecule has 1 N–H and O–H groups in total. The van der Waals surface area contributed by atoms with Crippen LogP contribution in [0.15, 0.2) is 47.0 Å². The number of halogens is 1. The van der Waals surface area contributed by atoms with Gasteiger partial charge in [-0.2, -0.15) is 0 Å². The van der Waals surface area contributed by atoms with Crippen LogP contribution in [0.4, 0.5) is 0 Å². The van der Waals surface area contributed by atoms with E-state index >= 15 is 0 Å². The lowest BCUT2D eigenvalue weighted by atomic mass is 9.83. The third-order valence-corrected chi connectivity index (χ3v) is 7.33. The second-order valence-electron chi connectivity index (χ2n) is 8.20. The number of hydrogen-bond donors (Lipinski definition) is 1. The minimum absolute atomic E-state index is 0.0247.